The number of carbonyl (C=O) groups excluding carboxylic acids is 1. The molecule has 6 heteroatoms. The summed E-state index contributed by atoms with van der Waals surface area (Å²) in [5.41, 5.74) is 5.15. The van der Waals surface area contributed by atoms with Crippen LogP contribution in [0.1, 0.15) is 38.5 Å². The summed E-state index contributed by atoms with van der Waals surface area (Å²) in [6.45, 7) is 0.185. The van der Waals surface area contributed by atoms with E-state index in [0.29, 0.717) is 0 Å². The molecule has 0 aromatic rings. The van der Waals surface area contributed by atoms with E-state index in [1.165, 1.54) is 4.90 Å². The summed E-state index contributed by atoms with van der Waals surface area (Å²) in [6.07, 6.45) is 0.695. The third-order valence-corrected chi connectivity index (χ3v) is 4.03. The summed E-state index contributed by atoms with van der Waals surface area (Å²) in [5, 5.41) is 0. The van der Waals surface area contributed by atoms with Gasteiger partial charge in [0.15, 0.2) is 0 Å². The maximum atomic E-state index is 12.5. The Balaban J connectivity index is 1.91. The fourth-order valence-electron chi connectivity index (χ4n) is 2.82. The lowest BCUT2D eigenvalue weighted by Gasteiger charge is -2.31. The zero-order valence-electron chi connectivity index (χ0n) is 10.8. The summed E-state index contributed by atoms with van der Waals surface area (Å²) in [6, 6.07) is 0. The van der Waals surface area contributed by atoms with Gasteiger partial charge in [0, 0.05) is 30.6 Å². The topological polar surface area (TPSA) is 46.3 Å². The normalized spacial score (nSPS) is 23.4. The largest absolute Gasteiger partial charge is 0.412 e. The summed E-state index contributed by atoms with van der Waals surface area (Å²) in [4.78, 5) is 13.5. The van der Waals surface area contributed by atoms with Crippen LogP contribution in [0, 0.1) is 0 Å². The van der Waals surface area contributed by atoms with Gasteiger partial charge in [-0.3, -0.25) is 4.79 Å². The van der Waals surface area contributed by atoms with Gasteiger partial charge >= 0.3 is 6.18 Å². The van der Waals surface area contributed by atoms with E-state index in [9.17, 15) is 18.0 Å². The van der Waals surface area contributed by atoms with E-state index in [4.69, 9.17) is 5.73 Å². The van der Waals surface area contributed by atoms with Gasteiger partial charge in [-0.1, -0.05) is 18.9 Å². The van der Waals surface area contributed by atoms with Crippen molar-refractivity contribution in [3.8, 4) is 0 Å². The highest BCUT2D eigenvalue weighted by atomic mass is 19.4. The molecule has 1 saturated carbocycles. The van der Waals surface area contributed by atoms with Crippen molar-refractivity contribution in [2.75, 3.05) is 13.1 Å². The average molecular weight is 276 g/mol. The number of amides is 1. The van der Waals surface area contributed by atoms with E-state index in [0.717, 1.165) is 31.8 Å². The first kappa shape index (κ1) is 14.4. The fourth-order valence-corrected chi connectivity index (χ4v) is 2.82. The Morgan fingerprint density at radius 1 is 1.37 bits per heavy atom. The van der Waals surface area contributed by atoms with E-state index in [1.807, 2.05) is 0 Å². The number of alkyl halides is 3. The molecule has 2 aliphatic rings. The Morgan fingerprint density at radius 2 is 2.00 bits per heavy atom. The van der Waals surface area contributed by atoms with Crippen LogP contribution in [0.4, 0.5) is 13.2 Å². The second-order valence-corrected chi connectivity index (χ2v) is 5.56. The molecule has 0 atom stereocenters. The predicted molar refractivity (Wildman–Crippen MR) is 65.3 cm³/mol. The van der Waals surface area contributed by atoms with Gasteiger partial charge in [0.2, 0.25) is 5.91 Å². The molecule has 1 fully saturated rings. The first-order chi connectivity index (χ1) is 8.80. The summed E-state index contributed by atoms with van der Waals surface area (Å²) in [5.74, 6) is -0.123. The van der Waals surface area contributed by atoms with Crippen molar-refractivity contribution in [3.05, 3.63) is 11.6 Å². The molecule has 1 aliphatic heterocycles. The highest BCUT2D eigenvalue weighted by molar-refractivity contribution is 5.78. The maximum absolute atomic E-state index is 12.5. The van der Waals surface area contributed by atoms with Crippen molar-refractivity contribution in [2.24, 2.45) is 5.73 Å². The number of carbonyl (C=O) groups is 1. The van der Waals surface area contributed by atoms with Crippen molar-refractivity contribution in [1.82, 2.24) is 4.90 Å². The Bertz CT molecular complexity index is 384. The monoisotopic (exact) mass is 276 g/mol. The second-order valence-electron chi connectivity index (χ2n) is 5.56. The van der Waals surface area contributed by atoms with Crippen LogP contribution in [0.15, 0.2) is 11.6 Å². The Kier molecular flexibility index (Phi) is 3.90. The zero-order valence-corrected chi connectivity index (χ0v) is 10.8. The highest BCUT2D eigenvalue weighted by Gasteiger charge is 2.37. The zero-order chi connectivity index (χ0) is 14.1. The molecule has 1 amide bonds. The molecule has 2 rings (SSSR count). The molecule has 19 heavy (non-hydrogen) atoms. The van der Waals surface area contributed by atoms with Crippen LogP contribution in [-0.4, -0.2) is 35.6 Å². The van der Waals surface area contributed by atoms with Crippen molar-refractivity contribution in [3.63, 3.8) is 0 Å². The van der Waals surface area contributed by atoms with Gasteiger partial charge in [-0.2, -0.15) is 13.2 Å². The van der Waals surface area contributed by atoms with Gasteiger partial charge in [0.25, 0.3) is 0 Å². The minimum atomic E-state index is -4.27. The predicted octanol–water partition coefficient (Wildman–Crippen LogP) is 2.37. The van der Waals surface area contributed by atoms with Crippen molar-refractivity contribution < 1.29 is 18.0 Å². The van der Waals surface area contributed by atoms with Crippen LogP contribution < -0.4 is 5.73 Å². The third-order valence-electron chi connectivity index (χ3n) is 4.03. The molecule has 108 valence electrons. The SMILES string of the molecule is NC1(CC(=O)N2CC=C(C(F)(F)F)CC2)CCCC1. The molecule has 0 radical (unpaired) electrons. The highest BCUT2D eigenvalue weighted by Crippen LogP contribution is 2.32. The van der Waals surface area contributed by atoms with Gasteiger partial charge in [-0.05, 0) is 19.3 Å². The molecular formula is C13H19F3N2O. The lowest BCUT2D eigenvalue weighted by Crippen LogP contribution is -2.45. The molecule has 0 spiro atoms. The summed E-state index contributed by atoms with van der Waals surface area (Å²) >= 11 is 0. The molecular weight excluding hydrogens is 257 g/mol. The Hall–Kier alpha value is -1.04. The quantitative estimate of drug-likeness (QED) is 0.787. The van der Waals surface area contributed by atoms with E-state index >= 15 is 0 Å². The molecule has 2 N–H and O–H groups in total. The summed E-state index contributed by atoms with van der Waals surface area (Å²) < 4.78 is 37.4. The van der Waals surface area contributed by atoms with Crippen LogP contribution >= 0.6 is 0 Å². The minimum Gasteiger partial charge on any atom is -0.339 e. The molecule has 0 aromatic heterocycles. The average Bonchev–Trinajstić information content (AvgIpc) is 2.75. The fraction of sp³-hybridized carbons (Fsp3) is 0.769. The third kappa shape index (κ3) is 3.49. The molecule has 0 saturated heterocycles. The van der Waals surface area contributed by atoms with Gasteiger partial charge in [0.1, 0.15) is 0 Å². The van der Waals surface area contributed by atoms with Gasteiger partial charge in [-0.15, -0.1) is 0 Å². The number of nitrogens with two attached hydrogens (primary N) is 1. The van der Waals surface area contributed by atoms with Crippen LogP contribution in [0.3, 0.4) is 0 Å². The minimum absolute atomic E-state index is 0.0454. The first-order valence-electron chi connectivity index (χ1n) is 6.63. The van der Waals surface area contributed by atoms with E-state index in [2.05, 4.69) is 0 Å². The second kappa shape index (κ2) is 5.15. The maximum Gasteiger partial charge on any atom is 0.412 e. The van der Waals surface area contributed by atoms with Crippen molar-refractivity contribution in [1.29, 1.82) is 0 Å². The van der Waals surface area contributed by atoms with Gasteiger partial charge in [-0.25, -0.2) is 0 Å². The number of hydrogen-bond acceptors (Lipinski definition) is 2. The number of halogens is 3. The van der Waals surface area contributed by atoms with Gasteiger partial charge in [0.05, 0.1) is 0 Å². The molecule has 0 aromatic carbocycles. The van der Waals surface area contributed by atoms with Crippen molar-refractivity contribution >= 4 is 5.91 Å². The molecule has 1 aliphatic carbocycles. The van der Waals surface area contributed by atoms with Crippen LogP contribution in [0.25, 0.3) is 0 Å². The van der Waals surface area contributed by atoms with E-state index in [1.54, 1.807) is 0 Å². The van der Waals surface area contributed by atoms with E-state index in [-0.39, 0.29) is 31.8 Å². The molecule has 0 bridgehead atoms. The molecule has 1 heterocycles. The van der Waals surface area contributed by atoms with Gasteiger partial charge < -0.3 is 10.6 Å². The standard InChI is InChI=1S/C13H19F3N2O/c14-13(15,16)10-3-7-18(8-4-10)11(19)9-12(17)5-1-2-6-12/h3H,1-2,4-9,17H2. The smallest absolute Gasteiger partial charge is 0.339 e. The Morgan fingerprint density at radius 3 is 2.47 bits per heavy atom. The van der Waals surface area contributed by atoms with Crippen LogP contribution in [0.5, 0.6) is 0 Å². The first-order valence-corrected chi connectivity index (χ1v) is 6.63. The number of hydrogen-bond donors (Lipinski definition) is 1. The number of rotatable bonds is 2. The molecule has 0 unspecified atom stereocenters. The van der Waals surface area contributed by atoms with Crippen LogP contribution in [0.2, 0.25) is 0 Å². The number of nitrogens with zero attached hydrogens (tertiary/aromatic N) is 1. The van der Waals surface area contributed by atoms with E-state index < -0.39 is 17.3 Å². The molecule has 3 nitrogen and oxygen atoms in total. The summed E-state index contributed by atoms with van der Waals surface area (Å²) in [7, 11) is 0. The van der Waals surface area contributed by atoms with Crippen molar-refractivity contribution in [2.45, 2.75) is 50.2 Å². The Labute approximate surface area is 110 Å². The van der Waals surface area contributed by atoms with Crippen LogP contribution in [-0.2, 0) is 4.79 Å². The lowest BCUT2D eigenvalue weighted by atomic mass is 9.93. The lowest BCUT2D eigenvalue weighted by molar-refractivity contribution is -0.133.